The Kier molecular flexibility index (Phi) is 6.56. The van der Waals surface area contributed by atoms with E-state index in [-0.39, 0.29) is 18.2 Å². The SMILES string of the molecule is CN(CC(=O)N1CCNCC1)Cc1cc(Cl)ccc1OC(F)F. The lowest BCUT2D eigenvalue weighted by Crippen LogP contribution is -2.49. The van der Waals surface area contributed by atoms with E-state index in [0.717, 1.165) is 13.1 Å². The number of halogens is 3. The van der Waals surface area contributed by atoms with Crippen molar-refractivity contribution >= 4 is 17.5 Å². The van der Waals surface area contributed by atoms with E-state index in [2.05, 4.69) is 10.1 Å². The second-order valence-corrected chi connectivity index (χ2v) is 5.87. The van der Waals surface area contributed by atoms with E-state index in [1.54, 1.807) is 22.9 Å². The molecule has 1 N–H and O–H groups in total. The number of hydrogen-bond donors (Lipinski definition) is 1. The third-order valence-electron chi connectivity index (χ3n) is 3.55. The van der Waals surface area contributed by atoms with Gasteiger partial charge in [0.2, 0.25) is 5.91 Å². The Bertz CT molecular complexity index is 539. The van der Waals surface area contributed by atoms with E-state index in [4.69, 9.17) is 11.6 Å². The Balaban J connectivity index is 1.97. The number of benzene rings is 1. The van der Waals surface area contributed by atoms with Crippen molar-refractivity contribution in [2.24, 2.45) is 0 Å². The van der Waals surface area contributed by atoms with E-state index in [9.17, 15) is 13.6 Å². The fraction of sp³-hybridized carbons (Fsp3) is 0.533. The van der Waals surface area contributed by atoms with Gasteiger partial charge in [0, 0.05) is 43.3 Å². The summed E-state index contributed by atoms with van der Waals surface area (Å²) in [5.74, 6) is 0.0956. The first kappa shape index (κ1) is 17.9. The molecule has 0 aromatic heterocycles. The average molecular weight is 348 g/mol. The number of likely N-dealkylation sites (N-methyl/N-ethyl adjacent to an activating group) is 1. The van der Waals surface area contributed by atoms with Crippen LogP contribution in [0.25, 0.3) is 0 Å². The van der Waals surface area contributed by atoms with Gasteiger partial charge in [0.1, 0.15) is 5.75 Å². The fourth-order valence-electron chi connectivity index (χ4n) is 2.47. The molecule has 2 rings (SSSR count). The summed E-state index contributed by atoms with van der Waals surface area (Å²) < 4.78 is 29.4. The van der Waals surface area contributed by atoms with Crippen molar-refractivity contribution < 1.29 is 18.3 Å². The summed E-state index contributed by atoms with van der Waals surface area (Å²) in [6, 6.07) is 4.48. The molecule has 1 saturated heterocycles. The lowest BCUT2D eigenvalue weighted by molar-refractivity contribution is -0.132. The molecule has 23 heavy (non-hydrogen) atoms. The maximum absolute atomic E-state index is 12.5. The lowest BCUT2D eigenvalue weighted by atomic mass is 10.2. The maximum Gasteiger partial charge on any atom is 0.387 e. The van der Waals surface area contributed by atoms with Gasteiger partial charge in [-0.1, -0.05) is 11.6 Å². The van der Waals surface area contributed by atoms with Crippen LogP contribution in [0.1, 0.15) is 5.56 Å². The molecule has 0 saturated carbocycles. The molecule has 1 aliphatic rings. The van der Waals surface area contributed by atoms with E-state index >= 15 is 0 Å². The Morgan fingerprint density at radius 2 is 2.13 bits per heavy atom. The quantitative estimate of drug-likeness (QED) is 0.852. The van der Waals surface area contributed by atoms with Crippen LogP contribution in [0, 0.1) is 0 Å². The first-order valence-corrected chi connectivity index (χ1v) is 7.74. The Morgan fingerprint density at radius 3 is 2.78 bits per heavy atom. The number of amides is 1. The number of carbonyl (C=O) groups is 1. The standard InChI is InChI=1S/C15H20ClF2N3O2/c1-20(10-14(22)21-6-4-19-5-7-21)9-11-8-12(16)2-3-13(11)23-15(17)18/h2-3,8,15,19H,4-7,9-10H2,1H3. The van der Waals surface area contributed by atoms with E-state index in [0.29, 0.717) is 30.2 Å². The van der Waals surface area contributed by atoms with Gasteiger partial charge in [0.15, 0.2) is 0 Å². The highest BCUT2D eigenvalue weighted by Gasteiger charge is 2.19. The van der Waals surface area contributed by atoms with Crippen LogP contribution < -0.4 is 10.1 Å². The molecule has 1 aliphatic heterocycles. The molecule has 1 fully saturated rings. The molecule has 1 aromatic carbocycles. The first-order chi connectivity index (χ1) is 11.0. The molecule has 8 heteroatoms. The van der Waals surface area contributed by atoms with Gasteiger partial charge in [0.25, 0.3) is 0 Å². The van der Waals surface area contributed by atoms with Crippen LogP contribution in [0.4, 0.5) is 8.78 Å². The summed E-state index contributed by atoms with van der Waals surface area (Å²) in [6.07, 6.45) is 0. The van der Waals surface area contributed by atoms with Gasteiger partial charge >= 0.3 is 6.61 Å². The summed E-state index contributed by atoms with van der Waals surface area (Å²) in [5, 5.41) is 3.62. The third kappa shape index (κ3) is 5.60. The van der Waals surface area contributed by atoms with Crippen LogP contribution in [0.3, 0.4) is 0 Å². The second-order valence-electron chi connectivity index (χ2n) is 5.43. The molecule has 128 valence electrons. The number of carbonyl (C=O) groups excluding carboxylic acids is 1. The Hall–Kier alpha value is -1.44. The highest BCUT2D eigenvalue weighted by atomic mass is 35.5. The van der Waals surface area contributed by atoms with Crippen molar-refractivity contribution in [1.29, 1.82) is 0 Å². The molecule has 0 spiro atoms. The number of rotatable bonds is 6. The van der Waals surface area contributed by atoms with Gasteiger partial charge in [-0.25, -0.2) is 0 Å². The van der Waals surface area contributed by atoms with Gasteiger partial charge in [0.05, 0.1) is 6.54 Å². The molecule has 0 unspecified atom stereocenters. The van der Waals surface area contributed by atoms with Gasteiger partial charge in [-0.05, 0) is 25.2 Å². The monoisotopic (exact) mass is 347 g/mol. The summed E-state index contributed by atoms with van der Waals surface area (Å²) >= 11 is 5.92. The zero-order valence-corrected chi connectivity index (χ0v) is 13.7. The van der Waals surface area contributed by atoms with Crippen LogP contribution in [0.15, 0.2) is 18.2 Å². The highest BCUT2D eigenvalue weighted by molar-refractivity contribution is 6.30. The Morgan fingerprint density at radius 1 is 1.43 bits per heavy atom. The largest absolute Gasteiger partial charge is 0.434 e. The van der Waals surface area contributed by atoms with Crippen LogP contribution in [0.2, 0.25) is 5.02 Å². The minimum Gasteiger partial charge on any atom is -0.434 e. The molecule has 0 radical (unpaired) electrons. The van der Waals surface area contributed by atoms with Crippen molar-refractivity contribution in [2.75, 3.05) is 39.8 Å². The molecule has 0 atom stereocenters. The van der Waals surface area contributed by atoms with Crippen molar-refractivity contribution in [3.8, 4) is 5.75 Å². The zero-order chi connectivity index (χ0) is 16.8. The molecule has 5 nitrogen and oxygen atoms in total. The number of piperazine rings is 1. The third-order valence-corrected chi connectivity index (χ3v) is 3.79. The molecule has 0 bridgehead atoms. The zero-order valence-electron chi connectivity index (χ0n) is 12.9. The smallest absolute Gasteiger partial charge is 0.387 e. The summed E-state index contributed by atoms with van der Waals surface area (Å²) in [6.45, 7) is 0.545. The molecule has 0 aliphatic carbocycles. The maximum atomic E-state index is 12.5. The van der Waals surface area contributed by atoms with Gasteiger partial charge < -0.3 is 15.0 Å². The van der Waals surface area contributed by atoms with Crippen molar-refractivity contribution in [3.05, 3.63) is 28.8 Å². The number of hydrogen-bond acceptors (Lipinski definition) is 4. The fourth-order valence-corrected chi connectivity index (χ4v) is 2.67. The predicted octanol–water partition coefficient (Wildman–Crippen LogP) is 1.81. The normalized spacial score (nSPS) is 15.3. The highest BCUT2D eigenvalue weighted by Crippen LogP contribution is 2.25. The minimum absolute atomic E-state index is 0.0207. The molecule has 1 heterocycles. The van der Waals surface area contributed by atoms with Gasteiger partial charge in [-0.2, -0.15) is 8.78 Å². The molecule has 1 aromatic rings. The summed E-state index contributed by atoms with van der Waals surface area (Å²) in [7, 11) is 1.76. The van der Waals surface area contributed by atoms with Crippen LogP contribution in [-0.2, 0) is 11.3 Å². The number of alkyl halides is 2. The topological polar surface area (TPSA) is 44.8 Å². The van der Waals surface area contributed by atoms with Crippen LogP contribution in [-0.4, -0.2) is 62.1 Å². The van der Waals surface area contributed by atoms with Crippen molar-refractivity contribution in [1.82, 2.24) is 15.1 Å². The van der Waals surface area contributed by atoms with Gasteiger partial charge in [-0.15, -0.1) is 0 Å². The molecular weight excluding hydrogens is 328 g/mol. The van der Waals surface area contributed by atoms with Crippen molar-refractivity contribution in [3.63, 3.8) is 0 Å². The number of nitrogens with zero attached hydrogens (tertiary/aromatic N) is 2. The predicted molar refractivity (Wildman–Crippen MR) is 83.9 cm³/mol. The lowest BCUT2D eigenvalue weighted by Gasteiger charge is -2.29. The Labute approximate surface area is 139 Å². The number of ether oxygens (including phenoxy) is 1. The summed E-state index contributed by atoms with van der Waals surface area (Å²) in [5.41, 5.74) is 0.522. The average Bonchev–Trinajstić information content (AvgIpc) is 2.50. The first-order valence-electron chi connectivity index (χ1n) is 7.36. The molecular formula is C15H20ClF2N3O2. The van der Waals surface area contributed by atoms with E-state index in [1.807, 2.05) is 0 Å². The number of nitrogens with one attached hydrogen (secondary N) is 1. The van der Waals surface area contributed by atoms with E-state index in [1.165, 1.54) is 12.1 Å². The molecule has 1 amide bonds. The minimum atomic E-state index is -2.90. The van der Waals surface area contributed by atoms with Gasteiger partial charge in [-0.3, -0.25) is 9.69 Å². The second kappa shape index (κ2) is 8.42. The van der Waals surface area contributed by atoms with E-state index < -0.39 is 6.61 Å². The summed E-state index contributed by atoms with van der Waals surface area (Å²) in [4.78, 5) is 15.8. The van der Waals surface area contributed by atoms with Crippen LogP contribution in [0.5, 0.6) is 5.75 Å². The van der Waals surface area contributed by atoms with Crippen LogP contribution >= 0.6 is 11.6 Å². The van der Waals surface area contributed by atoms with Crippen molar-refractivity contribution in [2.45, 2.75) is 13.2 Å².